The lowest BCUT2D eigenvalue weighted by Crippen LogP contribution is -2.16. The van der Waals surface area contributed by atoms with Gasteiger partial charge in [-0.3, -0.25) is 4.68 Å². The Hall–Kier alpha value is -3.02. The highest BCUT2D eigenvalue weighted by atomic mass is 16.6. The van der Waals surface area contributed by atoms with Crippen LogP contribution in [0.25, 0.3) is 22.4 Å². The average Bonchev–Trinajstić information content (AvgIpc) is 3.32. The fourth-order valence-corrected chi connectivity index (χ4v) is 2.93. The predicted molar refractivity (Wildman–Crippen MR) is 95.9 cm³/mol. The highest BCUT2D eigenvalue weighted by molar-refractivity contribution is 5.85. The third-order valence-electron chi connectivity index (χ3n) is 4.29. The molecule has 0 aliphatic carbocycles. The minimum Gasteiger partial charge on any atom is -0.390 e. The third-order valence-corrected chi connectivity index (χ3v) is 4.29. The SMILES string of the molecule is CCC1=NO[C@H](Cn2ccc(-c3cccc(-c4cncnc4)c3)n2)C1. The minimum atomic E-state index is 0.0792. The Morgan fingerprint density at radius 2 is 1.96 bits per heavy atom. The first-order valence-corrected chi connectivity index (χ1v) is 8.42. The van der Waals surface area contributed by atoms with Crippen molar-refractivity contribution in [1.82, 2.24) is 19.7 Å². The first kappa shape index (κ1) is 15.5. The lowest BCUT2D eigenvalue weighted by atomic mass is 10.0. The van der Waals surface area contributed by atoms with Gasteiger partial charge in [-0.05, 0) is 24.1 Å². The quantitative estimate of drug-likeness (QED) is 0.716. The monoisotopic (exact) mass is 333 g/mol. The van der Waals surface area contributed by atoms with Crippen LogP contribution in [-0.4, -0.2) is 31.6 Å². The number of rotatable bonds is 5. The zero-order valence-corrected chi connectivity index (χ0v) is 14.0. The Labute approximate surface area is 146 Å². The zero-order valence-electron chi connectivity index (χ0n) is 14.0. The summed E-state index contributed by atoms with van der Waals surface area (Å²) in [5, 5.41) is 8.79. The van der Waals surface area contributed by atoms with E-state index in [2.05, 4.69) is 45.3 Å². The van der Waals surface area contributed by atoms with E-state index >= 15 is 0 Å². The molecule has 3 aromatic rings. The van der Waals surface area contributed by atoms with E-state index in [0.717, 1.165) is 40.9 Å². The molecular formula is C19H19N5O. The summed E-state index contributed by atoms with van der Waals surface area (Å²) in [4.78, 5) is 13.6. The van der Waals surface area contributed by atoms with E-state index in [0.29, 0.717) is 6.54 Å². The molecule has 1 atom stereocenters. The molecule has 6 heteroatoms. The molecule has 0 saturated carbocycles. The molecule has 3 heterocycles. The zero-order chi connectivity index (χ0) is 17.1. The van der Waals surface area contributed by atoms with Crippen molar-refractivity contribution >= 4 is 5.71 Å². The molecule has 0 amide bonds. The molecule has 25 heavy (non-hydrogen) atoms. The van der Waals surface area contributed by atoms with E-state index in [-0.39, 0.29) is 6.10 Å². The summed E-state index contributed by atoms with van der Waals surface area (Å²) in [7, 11) is 0. The maximum Gasteiger partial charge on any atom is 0.152 e. The molecule has 126 valence electrons. The molecule has 0 radical (unpaired) electrons. The van der Waals surface area contributed by atoms with Crippen LogP contribution in [0.15, 0.2) is 60.4 Å². The van der Waals surface area contributed by atoms with Crippen LogP contribution in [0.5, 0.6) is 0 Å². The first-order chi connectivity index (χ1) is 12.3. The average molecular weight is 333 g/mol. The minimum absolute atomic E-state index is 0.0792. The molecule has 0 saturated heterocycles. The van der Waals surface area contributed by atoms with Crippen LogP contribution in [0, 0.1) is 0 Å². The van der Waals surface area contributed by atoms with Gasteiger partial charge in [0.15, 0.2) is 6.10 Å². The van der Waals surface area contributed by atoms with Crippen molar-refractivity contribution in [2.45, 2.75) is 32.4 Å². The number of hydrogen-bond donors (Lipinski definition) is 0. The lowest BCUT2D eigenvalue weighted by molar-refractivity contribution is 0.0698. The van der Waals surface area contributed by atoms with Gasteiger partial charge in [-0.25, -0.2) is 9.97 Å². The Morgan fingerprint density at radius 1 is 1.12 bits per heavy atom. The van der Waals surface area contributed by atoms with E-state index in [4.69, 9.17) is 4.84 Å². The molecule has 0 fully saturated rings. The molecule has 0 spiro atoms. The highest BCUT2D eigenvalue weighted by Crippen LogP contribution is 2.24. The Bertz CT molecular complexity index is 888. The summed E-state index contributed by atoms with van der Waals surface area (Å²) < 4.78 is 1.92. The van der Waals surface area contributed by atoms with Gasteiger partial charge in [0.25, 0.3) is 0 Å². The number of benzene rings is 1. The van der Waals surface area contributed by atoms with E-state index in [1.165, 1.54) is 6.33 Å². The molecule has 2 aromatic heterocycles. The lowest BCUT2D eigenvalue weighted by Gasteiger charge is -2.08. The topological polar surface area (TPSA) is 65.2 Å². The van der Waals surface area contributed by atoms with Gasteiger partial charge < -0.3 is 4.84 Å². The van der Waals surface area contributed by atoms with Crippen molar-refractivity contribution in [1.29, 1.82) is 0 Å². The summed E-state index contributed by atoms with van der Waals surface area (Å²) in [5.74, 6) is 0. The van der Waals surface area contributed by atoms with Crippen molar-refractivity contribution in [2.24, 2.45) is 5.16 Å². The molecule has 1 aliphatic heterocycles. The smallest absolute Gasteiger partial charge is 0.152 e. The normalized spacial score (nSPS) is 16.5. The molecule has 0 bridgehead atoms. The van der Waals surface area contributed by atoms with Gasteiger partial charge in [0.1, 0.15) is 6.33 Å². The molecule has 1 aromatic carbocycles. The Kier molecular flexibility index (Phi) is 4.24. The predicted octanol–water partition coefficient (Wildman–Crippen LogP) is 3.56. The molecule has 0 unspecified atom stereocenters. The van der Waals surface area contributed by atoms with Crippen LogP contribution >= 0.6 is 0 Å². The second kappa shape index (κ2) is 6.84. The Balaban J connectivity index is 1.51. The maximum absolute atomic E-state index is 5.47. The molecule has 6 nitrogen and oxygen atoms in total. The fraction of sp³-hybridized carbons (Fsp3) is 0.263. The van der Waals surface area contributed by atoms with Gasteiger partial charge in [0.05, 0.1) is 18.0 Å². The van der Waals surface area contributed by atoms with E-state index in [9.17, 15) is 0 Å². The first-order valence-electron chi connectivity index (χ1n) is 8.42. The summed E-state index contributed by atoms with van der Waals surface area (Å²) in [6.07, 6.45) is 9.05. The van der Waals surface area contributed by atoms with Gasteiger partial charge in [0, 0.05) is 36.1 Å². The van der Waals surface area contributed by atoms with Gasteiger partial charge in [0.2, 0.25) is 0 Å². The van der Waals surface area contributed by atoms with Gasteiger partial charge in [-0.2, -0.15) is 5.10 Å². The molecule has 1 aliphatic rings. The van der Waals surface area contributed by atoms with Gasteiger partial charge in [-0.15, -0.1) is 0 Å². The summed E-state index contributed by atoms with van der Waals surface area (Å²) in [5.41, 5.74) is 5.20. The molecule has 0 N–H and O–H groups in total. The van der Waals surface area contributed by atoms with Crippen LogP contribution in [0.1, 0.15) is 19.8 Å². The Morgan fingerprint density at radius 3 is 2.76 bits per heavy atom. The third kappa shape index (κ3) is 3.42. The van der Waals surface area contributed by atoms with E-state index in [1.54, 1.807) is 0 Å². The number of aromatic nitrogens is 4. The van der Waals surface area contributed by atoms with Crippen molar-refractivity contribution in [3.8, 4) is 22.4 Å². The summed E-state index contributed by atoms with van der Waals surface area (Å²) >= 11 is 0. The standard InChI is InChI=1S/C19H19N5O/c1-2-17-9-18(25-23-17)12-24-7-6-19(22-24)15-5-3-4-14(8-15)16-10-20-13-21-11-16/h3-8,10-11,13,18H,2,9,12H2,1H3/t18-/m0/s1. The molecular weight excluding hydrogens is 314 g/mol. The fourth-order valence-electron chi connectivity index (χ4n) is 2.93. The number of oxime groups is 1. The van der Waals surface area contributed by atoms with E-state index in [1.807, 2.05) is 35.4 Å². The summed E-state index contributed by atoms with van der Waals surface area (Å²) in [6, 6.07) is 10.3. The van der Waals surface area contributed by atoms with Gasteiger partial charge in [-0.1, -0.05) is 30.3 Å². The maximum atomic E-state index is 5.47. The van der Waals surface area contributed by atoms with Crippen LogP contribution in [0.4, 0.5) is 0 Å². The van der Waals surface area contributed by atoms with Crippen molar-refractivity contribution in [3.63, 3.8) is 0 Å². The largest absolute Gasteiger partial charge is 0.390 e. The highest BCUT2D eigenvalue weighted by Gasteiger charge is 2.20. The second-order valence-corrected chi connectivity index (χ2v) is 6.07. The second-order valence-electron chi connectivity index (χ2n) is 6.07. The van der Waals surface area contributed by atoms with Crippen molar-refractivity contribution in [2.75, 3.05) is 0 Å². The van der Waals surface area contributed by atoms with Crippen LogP contribution in [-0.2, 0) is 11.4 Å². The number of nitrogens with zero attached hydrogens (tertiary/aromatic N) is 5. The molecule has 4 rings (SSSR count). The van der Waals surface area contributed by atoms with Crippen LogP contribution in [0.2, 0.25) is 0 Å². The van der Waals surface area contributed by atoms with Crippen molar-refractivity contribution < 1.29 is 4.84 Å². The van der Waals surface area contributed by atoms with Crippen LogP contribution in [0.3, 0.4) is 0 Å². The van der Waals surface area contributed by atoms with Gasteiger partial charge >= 0.3 is 0 Å². The van der Waals surface area contributed by atoms with Crippen LogP contribution < -0.4 is 0 Å². The summed E-state index contributed by atoms with van der Waals surface area (Å²) in [6.45, 7) is 2.81. The van der Waals surface area contributed by atoms with Crippen molar-refractivity contribution in [3.05, 3.63) is 55.2 Å². The van der Waals surface area contributed by atoms with E-state index < -0.39 is 0 Å². The number of hydrogen-bond acceptors (Lipinski definition) is 5.